The number of rotatable bonds is 5. The van der Waals surface area contributed by atoms with Crippen LogP contribution in [0.25, 0.3) is 121 Å². The highest BCUT2D eigenvalue weighted by Crippen LogP contribution is 2.49. The third kappa shape index (κ3) is 6.08. The number of fused-ring (bicyclic) bond motifs is 12. The standard InChI is InChI=1S/C66H52N6/c1-37-13-19-55-47(30-37)48-31-38(2)14-20-56(48)69(55)63-62(45-28-43(7)27-44(8)29-45)64(70-57-21-15-39(3)32-49(57)50-33-40(4)16-22-58(50)70)66(72-59-23-17-41(5)34-51(59)52-35-42(6)18-24-60(52)72)68-65(63)71-54-12-10-9-11-46(54)53-36-67-26-25-61(53)71/h9-36H,1-8H3. The second-order valence-electron chi connectivity index (χ2n) is 20.6. The molecule has 0 bridgehead atoms. The SMILES string of the molecule is Cc1cc(C)cc(-c2c(-n3c4ccc(C)cc4c4cc(C)ccc43)c(-n3c4ccccc4c4cnccc43)nc(-n3c4ccc(C)cc4c4cc(C)ccc43)c2-n2c3ccc(C)cc3c3cc(C)ccc32)c1. The summed E-state index contributed by atoms with van der Waals surface area (Å²) in [6, 6.07) is 59.6. The minimum atomic E-state index is 0.821. The van der Waals surface area contributed by atoms with Crippen LogP contribution in [0, 0.1) is 55.4 Å². The average molecular weight is 929 g/mol. The second kappa shape index (κ2) is 15.4. The molecule has 6 heterocycles. The minimum Gasteiger partial charge on any atom is -0.305 e. The third-order valence-electron chi connectivity index (χ3n) is 15.2. The maximum absolute atomic E-state index is 6.41. The Bertz CT molecular complexity index is 4410. The van der Waals surface area contributed by atoms with Crippen LogP contribution in [0.1, 0.15) is 44.5 Å². The van der Waals surface area contributed by atoms with Crippen LogP contribution in [0.4, 0.5) is 0 Å². The van der Waals surface area contributed by atoms with Gasteiger partial charge in [-0.2, -0.15) is 0 Å². The van der Waals surface area contributed by atoms with Crippen LogP contribution in [0.5, 0.6) is 0 Å². The van der Waals surface area contributed by atoms with Crippen LogP contribution >= 0.6 is 0 Å². The van der Waals surface area contributed by atoms with Gasteiger partial charge in [0.25, 0.3) is 0 Å². The lowest BCUT2D eigenvalue weighted by molar-refractivity contribution is 0.960. The molecule has 0 aliphatic heterocycles. The van der Waals surface area contributed by atoms with E-state index in [-0.39, 0.29) is 0 Å². The average Bonchev–Trinajstić information content (AvgIpc) is 4.07. The predicted octanol–water partition coefficient (Wildman–Crippen LogP) is 17.0. The van der Waals surface area contributed by atoms with Gasteiger partial charge in [0.15, 0.2) is 11.6 Å². The molecule has 0 amide bonds. The summed E-state index contributed by atoms with van der Waals surface area (Å²) in [6.07, 6.45) is 3.93. The zero-order chi connectivity index (χ0) is 48.8. The molecule has 14 aromatic rings. The summed E-state index contributed by atoms with van der Waals surface area (Å²) >= 11 is 0. The summed E-state index contributed by atoms with van der Waals surface area (Å²) in [4.78, 5) is 11.1. The molecular weight excluding hydrogens is 877 g/mol. The van der Waals surface area contributed by atoms with Crippen LogP contribution in [-0.2, 0) is 0 Å². The van der Waals surface area contributed by atoms with Crippen molar-refractivity contribution in [2.75, 3.05) is 0 Å². The van der Waals surface area contributed by atoms with Crippen LogP contribution < -0.4 is 0 Å². The Labute approximate surface area is 417 Å². The molecule has 0 saturated heterocycles. The lowest BCUT2D eigenvalue weighted by atomic mass is 9.97. The van der Waals surface area contributed by atoms with Gasteiger partial charge in [-0.3, -0.25) is 14.1 Å². The van der Waals surface area contributed by atoms with Crippen LogP contribution in [0.15, 0.2) is 170 Å². The second-order valence-corrected chi connectivity index (χ2v) is 20.6. The molecule has 0 saturated carbocycles. The van der Waals surface area contributed by atoms with Crippen LogP contribution in [0.2, 0.25) is 0 Å². The summed E-state index contributed by atoms with van der Waals surface area (Å²) in [5.74, 6) is 1.66. The van der Waals surface area contributed by atoms with E-state index >= 15 is 0 Å². The highest BCUT2D eigenvalue weighted by molar-refractivity contribution is 6.16. The Hall–Kier alpha value is -8.74. The molecule has 0 radical (unpaired) electrons. The van der Waals surface area contributed by atoms with E-state index in [0.717, 1.165) is 89.0 Å². The maximum atomic E-state index is 6.41. The normalized spacial score (nSPS) is 12.2. The summed E-state index contributed by atoms with van der Waals surface area (Å²) in [5.41, 5.74) is 22.6. The van der Waals surface area contributed by atoms with Crippen molar-refractivity contribution in [1.82, 2.24) is 28.2 Å². The number of hydrogen-bond donors (Lipinski definition) is 0. The van der Waals surface area contributed by atoms with E-state index in [4.69, 9.17) is 9.97 Å². The molecule has 0 spiro atoms. The lowest BCUT2D eigenvalue weighted by Crippen LogP contribution is -2.16. The van der Waals surface area contributed by atoms with Gasteiger partial charge in [-0.05, 0) is 146 Å². The van der Waals surface area contributed by atoms with E-state index in [2.05, 4.69) is 231 Å². The number of pyridine rings is 2. The number of hydrogen-bond acceptors (Lipinski definition) is 2. The quantitative estimate of drug-likeness (QED) is 0.173. The van der Waals surface area contributed by atoms with E-state index in [1.54, 1.807) is 0 Å². The smallest absolute Gasteiger partial charge is 0.165 e. The number of aryl methyl sites for hydroxylation is 8. The number of benzene rings is 8. The van der Waals surface area contributed by atoms with Gasteiger partial charge in [-0.1, -0.05) is 117 Å². The maximum Gasteiger partial charge on any atom is 0.165 e. The Morgan fingerprint density at radius 1 is 0.292 bits per heavy atom. The van der Waals surface area contributed by atoms with E-state index in [9.17, 15) is 0 Å². The molecule has 346 valence electrons. The summed E-state index contributed by atoms with van der Waals surface area (Å²) in [7, 11) is 0. The number of nitrogens with zero attached hydrogens (tertiary/aromatic N) is 6. The Balaban J connectivity index is 1.34. The van der Waals surface area contributed by atoms with Gasteiger partial charge in [-0.15, -0.1) is 0 Å². The van der Waals surface area contributed by atoms with E-state index in [0.29, 0.717) is 0 Å². The zero-order valence-electron chi connectivity index (χ0n) is 41.8. The highest BCUT2D eigenvalue weighted by atomic mass is 15.2. The molecule has 14 rings (SSSR count). The molecule has 6 nitrogen and oxygen atoms in total. The molecule has 0 fully saturated rings. The zero-order valence-corrected chi connectivity index (χ0v) is 41.8. The summed E-state index contributed by atoms with van der Waals surface area (Å²) < 4.78 is 9.97. The fourth-order valence-corrected chi connectivity index (χ4v) is 12.2. The largest absolute Gasteiger partial charge is 0.305 e. The number of aromatic nitrogens is 6. The van der Waals surface area contributed by atoms with E-state index in [1.165, 1.54) is 76.8 Å². The van der Waals surface area contributed by atoms with Crippen molar-refractivity contribution in [2.24, 2.45) is 0 Å². The first kappa shape index (κ1) is 42.2. The molecule has 8 aromatic carbocycles. The first-order chi connectivity index (χ1) is 35.0. The van der Waals surface area contributed by atoms with E-state index < -0.39 is 0 Å². The molecule has 0 N–H and O–H groups in total. The first-order valence-corrected chi connectivity index (χ1v) is 25.0. The molecule has 0 aliphatic carbocycles. The van der Waals surface area contributed by atoms with Crippen molar-refractivity contribution in [3.63, 3.8) is 0 Å². The minimum absolute atomic E-state index is 0.821. The van der Waals surface area contributed by atoms with Gasteiger partial charge in [0.2, 0.25) is 0 Å². The molecule has 72 heavy (non-hydrogen) atoms. The third-order valence-corrected chi connectivity index (χ3v) is 15.2. The van der Waals surface area contributed by atoms with Crippen LogP contribution in [-0.4, -0.2) is 28.2 Å². The van der Waals surface area contributed by atoms with Gasteiger partial charge in [0.05, 0.1) is 44.1 Å². The van der Waals surface area contributed by atoms with Crippen molar-refractivity contribution >= 4 is 87.2 Å². The van der Waals surface area contributed by atoms with Gasteiger partial charge in [0, 0.05) is 61.0 Å². The number of para-hydroxylation sites is 1. The van der Waals surface area contributed by atoms with Crippen LogP contribution in [0.3, 0.4) is 0 Å². The Morgan fingerprint density at radius 3 is 1.04 bits per heavy atom. The van der Waals surface area contributed by atoms with Crippen molar-refractivity contribution in [2.45, 2.75) is 55.4 Å². The Kier molecular flexibility index (Phi) is 9.01. The highest BCUT2D eigenvalue weighted by Gasteiger charge is 2.33. The fourth-order valence-electron chi connectivity index (χ4n) is 12.2. The van der Waals surface area contributed by atoms with Gasteiger partial charge < -0.3 is 9.13 Å². The van der Waals surface area contributed by atoms with Gasteiger partial charge in [0.1, 0.15) is 11.4 Å². The lowest BCUT2D eigenvalue weighted by Gasteiger charge is -2.27. The van der Waals surface area contributed by atoms with Crippen molar-refractivity contribution in [1.29, 1.82) is 0 Å². The predicted molar refractivity (Wildman–Crippen MR) is 303 cm³/mol. The monoisotopic (exact) mass is 928 g/mol. The summed E-state index contributed by atoms with van der Waals surface area (Å²) in [6.45, 7) is 17.7. The fraction of sp³-hybridized carbons (Fsp3) is 0.121. The first-order valence-electron chi connectivity index (χ1n) is 25.0. The topological polar surface area (TPSA) is 45.5 Å². The van der Waals surface area contributed by atoms with Gasteiger partial charge >= 0.3 is 0 Å². The molecule has 6 heteroatoms. The molecule has 6 aromatic heterocycles. The summed E-state index contributed by atoms with van der Waals surface area (Å²) in [5, 5.41) is 9.43. The van der Waals surface area contributed by atoms with Crippen molar-refractivity contribution < 1.29 is 0 Å². The molecule has 0 atom stereocenters. The van der Waals surface area contributed by atoms with Gasteiger partial charge in [-0.25, -0.2) is 4.98 Å². The molecular formula is C66H52N6. The molecule has 0 unspecified atom stereocenters. The molecule has 0 aliphatic rings. The van der Waals surface area contributed by atoms with Crippen molar-refractivity contribution in [3.05, 3.63) is 215 Å². The Morgan fingerprint density at radius 2 is 0.639 bits per heavy atom. The van der Waals surface area contributed by atoms with E-state index in [1.807, 2.05) is 12.4 Å². The van der Waals surface area contributed by atoms with Crippen molar-refractivity contribution in [3.8, 4) is 34.1 Å².